The molecule has 0 saturated carbocycles. The second-order valence-corrected chi connectivity index (χ2v) is 8.79. The molecule has 0 amide bonds. The smallest absolute Gasteiger partial charge is 0.0390 e. The Bertz CT molecular complexity index is 518. The van der Waals surface area contributed by atoms with E-state index in [2.05, 4.69) is 74.4 Å². The number of anilines is 1. The van der Waals surface area contributed by atoms with Crippen molar-refractivity contribution in [2.75, 3.05) is 5.73 Å². The molecule has 0 aliphatic rings. The molecule has 1 nitrogen and oxygen atoms in total. The van der Waals surface area contributed by atoms with Crippen LogP contribution in [0.15, 0.2) is 12.1 Å². The predicted molar refractivity (Wildman–Crippen MR) is 115 cm³/mol. The average molecular weight is 346 g/mol. The summed E-state index contributed by atoms with van der Waals surface area (Å²) in [5, 5.41) is 0. The largest absolute Gasteiger partial charge is 0.398 e. The monoisotopic (exact) mass is 345 g/mol. The molecule has 0 heterocycles. The van der Waals surface area contributed by atoms with E-state index in [1.165, 1.54) is 16.7 Å². The van der Waals surface area contributed by atoms with Gasteiger partial charge in [-0.15, -0.1) is 0 Å². The van der Waals surface area contributed by atoms with Gasteiger partial charge in [-0.1, -0.05) is 74.4 Å². The molecule has 1 aromatic rings. The Labute approximate surface area is 157 Å². The van der Waals surface area contributed by atoms with E-state index in [0.717, 1.165) is 44.2 Å². The van der Waals surface area contributed by atoms with Crippen LogP contribution in [0.4, 0.5) is 5.69 Å². The Balaban J connectivity index is 3.86. The number of nitrogens with two attached hydrogens (primary N) is 1. The fourth-order valence-corrected chi connectivity index (χ4v) is 3.92. The maximum Gasteiger partial charge on any atom is 0.0390 e. The maximum absolute atomic E-state index is 6.85. The Hall–Kier alpha value is -0.980. The summed E-state index contributed by atoms with van der Waals surface area (Å²) in [6.45, 7) is 21.0. The topological polar surface area (TPSA) is 26.0 Å². The Kier molecular flexibility index (Phi) is 7.19. The van der Waals surface area contributed by atoms with Crippen molar-refractivity contribution in [3.8, 4) is 0 Å². The van der Waals surface area contributed by atoms with Gasteiger partial charge in [-0.05, 0) is 71.5 Å². The highest BCUT2D eigenvalue weighted by molar-refractivity contribution is 5.62. The zero-order valence-electron chi connectivity index (χ0n) is 18.5. The summed E-state index contributed by atoms with van der Waals surface area (Å²) < 4.78 is 0. The van der Waals surface area contributed by atoms with Crippen LogP contribution in [-0.2, 0) is 16.2 Å². The van der Waals surface area contributed by atoms with Crippen LogP contribution in [0.3, 0.4) is 0 Å². The van der Waals surface area contributed by atoms with Gasteiger partial charge in [0, 0.05) is 5.69 Å². The molecular formula is C24H43N. The number of nitrogen functional groups attached to an aromatic ring is 1. The molecule has 1 rings (SSSR count). The van der Waals surface area contributed by atoms with Gasteiger partial charge in [-0.2, -0.15) is 0 Å². The molecule has 0 aromatic heterocycles. The first-order valence-electron chi connectivity index (χ1n) is 10.6. The van der Waals surface area contributed by atoms with Gasteiger partial charge < -0.3 is 5.73 Å². The number of rotatable bonds is 9. The zero-order chi connectivity index (χ0) is 19.5. The molecule has 0 atom stereocenters. The lowest BCUT2D eigenvalue weighted by molar-refractivity contribution is 0.411. The summed E-state index contributed by atoms with van der Waals surface area (Å²) in [4.78, 5) is 0. The second-order valence-electron chi connectivity index (χ2n) is 8.79. The quantitative estimate of drug-likeness (QED) is 0.461. The summed E-state index contributed by atoms with van der Waals surface area (Å²) in [5.74, 6) is 0. The Morgan fingerprint density at radius 1 is 0.600 bits per heavy atom. The van der Waals surface area contributed by atoms with Crippen LogP contribution in [0.5, 0.6) is 0 Å². The van der Waals surface area contributed by atoms with E-state index < -0.39 is 0 Å². The van der Waals surface area contributed by atoms with Gasteiger partial charge in [0.25, 0.3) is 0 Å². The van der Waals surface area contributed by atoms with Crippen molar-refractivity contribution in [2.24, 2.45) is 0 Å². The van der Waals surface area contributed by atoms with E-state index in [9.17, 15) is 0 Å². The van der Waals surface area contributed by atoms with E-state index in [1.807, 2.05) is 0 Å². The van der Waals surface area contributed by atoms with Crippen LogP contribution in [0, 0.1) is 0 Å². The van der Waals surface area contributed by atoms with Crippen molar-refractivity contribution in [1.82, 2.24) is 0 Å². The Morgan fingerprint density at radius 2 is 0.880 bits per heavy atom. The Morgan fingerprint density at radius 3 is 1.12 bits per heavy atom. The minimum Gasteiger partial charge on any atom is -0.398 e. The van der Waals surface area contributed by atoms with Crippen LogP contribution in [0.2, 0.25) is 0 Å². The van der Waals surface area contributed by atoms with Crippen LogP contribution < -0.4 is 5.73 Å². The van der Waals surface area contributed by atoms with Crippen LogP contribution in [0.1, 0.15) is 118 Å². The standard InChI is InChI=1S/C24H43N/c1-10-22(7,11-2)18-16-19(23(8,12-3)13-4)21(25)20(17-18)24(9,14-5)15-6/h16-17H,10-15,25H2,1-9H3. The van der Waals surface area contributed by atoms with Gasteiger partial charge in [0.15, 0.2) is 0 Å². The minimum atomic E-state index is 0.152. The van der Waals surface area contributed by atoms with Gasteiger partial charge in [0.1, 0.15) is 0 Å². The molecule has 0 radical (unpaired) electrons. The van der Waals surface area contributed by atoms with E-state index in [4.69, 9.17) is 5.73 Å². The highest BCUT2D eigenvalue weighted by Gasteiger charge is 2.34. The molecule has 0 bridgehead atoms. The van der Waals surface area contributed by atoms with Crippen LogP contribution in [-0.4, -0.2) is 0 Å². The summed E-state index contributed by atoms with van der Waals surface area (Å²) in [6, 6.07) is 4.90. The first kappa shape index (κ1) is 22.1. The van der Waals surface area contributed by atoms with E-state index in [1.54, 1.807) is 0 Å². The molecular weight excluding hydrogens is 302 g/mol. The number of hydrogen-bond acceptors (Lipinski definition) is 1. The lowest BCUT2D eigenvalue weighted by Crippen LogP contribution is -2.29. The first-order valence-corrected chi connectivity index (χ1v) is 10.6. The molecule has 1 heteroatoms. The van der Waals surface area contributed by atoms with E-state index in [-0.39, 0.29) is 16.2 Å². The first-order chi connectivity index (χ1) is 11.6. The van der Waals surface area contributed by atoms with Crippen LogP contribution >= 0.6 is 0 Å². The summed E-state index contributed by atoms with van der Waals surface area (Å²) in [5.41, 5.74) is 12.7. The molecule has 144 valence electrons. The lowest BCUT2D eigenvalue weighted by Gasteiger charge is -2.38. The second kappa shape index (κ2) is 8.14. The third-order valence-corrected chi connectivity index (χ3v) is 7.86. The fourth-order valence-electron chi connectivity index (χ4n) is 3.92. The molecule has 0 unspecified atom stereocenters. The molecule has 0 saturated heterocycles. The molecule has 2 N–H and O–H groups in total. The van der Waals surface area contributed by atoms with E-state index in [0.29, 0.717) is 0 Å². The van der Waals surface area contributed by atoms with Gasteiger partial charge in [0.2, 0.25) is 0 Å². The zero-order valence-corrected chi connectivity index (χ0v) is 18.5. The van der Waals surface area contributed by atoms with Crippen molar-refractivity contribution >= 4 is 5.69 Å². The summed E-state index contributed by atoms with van der Waals surface area (Å²) in [6.07, 6.45) is 6.83. The molecule has 0 spiro atoms. The van der Waals surface area contributed by atoms with Gasteiger partial charge in [-0.25, -0.2) is 0 Å². The van der Waals surface area contributed by atoms with Crippen molar-refractivity contribution in [3.63, 3.8) is 0 Å². The lowest BCUT2D eigenvalue weighted by atomic mass is 9.67. The molecule has 0 aliphatic heterocycles. The van der Waals surface area contributed by atoms with Gasteiger partial charge in [0.05, 0.1) is 0 Å². The van der Waals surface area contributed by atoms with Crippen molar-refractivity contribution in [2.45, 2.75) is 117 Å². The SMILES string of the molecule is CCC(C)(CC)c1cc(C(C)(CC)CC)c(N)c(C(C)(CC)CC)c1. The van der Waals surface area contributed by atoms with Crippen LogP contribution in [0.25, 0.3) is 0 Å². The van der Waals surface area contributed by atoms with Crippen molar-refractivity contribution in [3.05, 3.63) is 28.8 Å². The van der Waals surface area contributed by atoms with Gasteiger partial charge in [-0.3, -0.25) is 0 Å². The number of benzene rings is 1. The molecule has 0 fully saturated rings. The highest BCUT2D eigenvalue weighted by Crippen LogP contribution is 2.45. The van der Waals surface area contributed by atoms with E-state index >= 15 is 0 Å². The maximum atomic E-state index is 6.85. The minimum absolute atomic E-state index is 0.152. The molecule has 1 aromatic carbocycles. The molecule has 0 aliphatic carbocycles. The van der Waals surface area contributed by atoms with Crippen molar-refractivity contribution in [1.29, 1.82) is 0 Å². The number of hydrogen-bond donors (Lipinski definition) is 1. The fraction of sp³-hybridized carbons (Fsp3) is 0.750. The van der Waals surface area contributed by atoms with Crippen molar-refractivity contribution < 1.29 is 0 Å². The summed E-state index contributed by atoms with van der Waals surface area (Å²) in [7, 11) is 0. The highest BCUT2D eigenvalue weighted by atomic mass is 14.6. The average Bonchev–Trinajstić information content (AvgIpc) is 2.66. The third kappa shape index (κ3) is 3.91. The summed E-state index contributed by atoms with van der Waals surface area (Å²) >= 11 is 0. The third-order valence-electron chi connectivity index (χ3n) is 7.86. The predicted octanol–water partition coefficient (Wildman–Crippen LogP) is 7.50. The molecule has 25 heavy (non-hydrogen) atoms. The normalized spacial score (nSPS) is 13.3. The van der Waals surface area contributed by atoms with Gasteiger partial charge >= 0.3 is 0 Å².